The molecule has 0 saturated heterocycles. The Bertz CT molecular complexity index is 60.0. The van der Waals surface area contributed by atoms with Gasteiger partial charge < -0.3 is 9.84 Å². The zero-order chi connectivity index (χ0) is 6.62. The molecule has 1 N–H and O–H groups in total. The molecule has 32 valence electrons. The molecule has 0 fully saturated rings. The van der Waals surface area contributed by atoms with Crippen LogP contribution in [0.4, 0.5) is 0 Å². The van der Waals surface area contributed by atoms with Crippen LogP contribution in [-0.4, -0.2) is 25.4 Å². The van der Waals surface area contributed by atoms with Crippen molar-refractivity contribution in [3.8, 4) is 0 Å². The van der Waals surface area contributed by atoms with Crippen LogP contribution in [0.3, 0.4) is 0 Å². The molecule has 2 heteroatoms. The predicted octanol–water partition coefficient (Wildman–Crippen LogP) is -0.375. The fraction of sp³-hybridized carbons (Fsp3) is 1.00. The first-order valence-corrected chi connectivity index (χ1v) is 1.31. The normalized spacial score (nSPS) is 19.8. The Hall–Kier alpha value is -0.0800. The van der Waals surface area contributed by atoms with E-state index in [1.165, 1.54) is 0 Å². The minimum Gasteiger partial charge on any atom is -0.394 e. The fourth-order valence-electron chi connectivity index (χ4n) is 0.0456. The van der Waals surface area contributed by atoms with Crippen molar-refractivity contribution in [3.63, 3.8) is 0 Å². The number of hydrogen-bond donors (Lipinski definition) is 1. The summed E-state index contributed by atoms with van der Waals surface area (Å²) < 4.78 is 23.4. The zero-order valence-corrected chi connectivity index (χ0v) is 2.77. The summed E-state index contributed by atoms with van der Waals surface area (Å²) in [5.41, 5.74) is 0. The van der Waals surface area contributed by atoms with Crippen molar-refractivity contribution >= 4 is 0 Å². The molecule has 0 atom stereocenters. The summed E-state index contributed by atoms with van der Waals surface area (Å²) in [5.74, 6) is 0. The highest BCUT2D eigenvalue weighted by Gasteiger charge is 1.67. The fourth-order valence-corrected chi connectivity index (χ4v) is 0.0456. The molecule has 0 saturated carbocycles. The molecule has 0 aliphatic rings. The van der Waals surface area contributed by atoms with Crippen molar-refractivity contribution in [2.24, 2.45) is 0 Å². The standard InChI is InChI=1S/C3H8O2/c1-5-3-2-4/h4H,2-3H2,1H3/i1D3. The Morgan fingerprint density at radius 2 is 3.00 bits per heavy atom. The molecule has 0 heterocycles. The van der Waals surface area contributed by atoms with Gasteiger partial charge in [0.25, 0.3) is 0 Å². The molecule has 0 aromatic rings. The van der Waals surface area contributed by atoms with E-state index < -0.39 is 7.04 Å². The third-order valence-electron chi connectivity index (χ3n) is 0.193. The van der Waals surface area contributed by atoms with Crippen LogP contribution in [0.1, 0.15) is 4.11 Å². The van der Waals surface area contributed by atoms with Gasteiger partial charge in [0.2, 0.25) is 0 Å². The van der Waals surface area contributed by atoms with Crippen LogP contribution in [0.25, 0.3) is 0 Å². The van der Waals surface area contributed by atoms with Gasteiger partial charge in [-0.15, -0.1) is 0 Å². The van der Waals surface area contributed by atoms with Gasteiger partial charge in [0.05, 0.1) is 17.3 Å². The highest BCUT2D eigenvalue weighted by Crippen LogP contribution is 1.56. The van der Waals surface area contributed by atoms with Gasteiger partial charge in [-0.1, -0.05) is 0 Å². The molecule has 0 bridgehead atoms. The van der Waals surface area contributed by atoms with Gasteiger partial charge in [0, 0.05) is 7.04 Å². The molecule has 0 aliphatic carbocycles. The van der Waals surface area contributed by atoms with Crippen LogP contribution in [0.5, 0.6) is 0 Å². The minimum atomic E-state index is -2.36. The number of aliphatic hydroxyl groups is 1. The van der Waals surface area contributed by atoms with Crippen molar-refractivity contribution in [3.05, 3.63) is 0 Å². The minimum absolute atomic E-state index is 0.128. The predicted molar refractivity (Wildman–Crippen MR) is 19.0 cm³/mol. The lowest BCUT2D eigenvalue weighted by molar-refractivity contribution is 0.135. The monoisotopic (exact) mass is 79.1 g/mol. The van der Waals surface area contributed by atoms with E-state index in [4.69, 9.17) is 9.22 Å². The number of methoxy groups -OCH3 is 1. The highest BCUT2D eigenvalue weighted by atomic mass is 16.5. The molecule has 2 nitrogen and oxygen atoms in total. The van der Waals surface area contributed by atoms with Gasteiger partial charge in [-0.3, -0.25) is 0 Å². The van der Waals surface area contributed by atoms with Crippen molar-refractivity contribution < 1.29 is 14.0 Å². The molecule has 0 aliphatic heterocycles. The van der Waals surface area contributed by atoms with E-state index >= 15 is 0 Å². The lowest BCUT2D eigenvalue weighted by atomic mass is 10.8. The van der Waals surface area contributed by atoms with Gasteiger partial charge in [0.1, 0.15) is 0 Å². The summed E-state index contributed by atoms with van der Waals surface area (Å²) in [4.78, 5) is 0. The topological polar surface area (TPSA) is 29.5 Å². The van der Waals surface area contributed by atoms with Crippen molar-refractivity contribution in [2.75, 3.05) is 20.3 Å². The molecule has 0 aromatic heterocycles. The maximum atomic E-state index is 8.05. The molecule has 0 spiro atoms. The van der Waals surface area contributed by atoms with Gasteiger partial charge in [-0.25, -0.2) is 0 Å². The van der Waals surface area contributed by atoms with Crippen LogP contribution in [0.15, 0.2) is 0 Å². The first kappa shape index (κ1) is 1.58. The maximum absolute atomic E-state index is 8.05. The second-order valence-corrected chi connectivity index (χ2v) is 0.572. The Morgan fingerprint density at radius 3 is 3.20 bits per heavy atom. The van der Waals surface area contributed by atoms with Crippen LogP contribution >= 0.6 is 0 Å². The first-order chi connectivity index (χ1) is 3.56. The SMILES string of the molecule is [2H]C([2H])([2H])OCCO. The smallest absolute Gasteiger partial charge is 0.0693 e. The Balaban J connectivity index is 3.11. The third-order valence-corrected chi connectivity index (χ3v) is 0.193. The molecule has 0 amide bonds. The Labute approximate surface area is 35.6 Å². The quantitative estimate of drug-likeness (QED) is 0.489. The van der Waals surface area contributed by atoms with E-state index in [0.717, 1.165) is 0 Å². The van der Waals surface area contributed by atoms with Gasteiger partial charge in [0.15, 0.2) is 0 Å². The second-order valence-electron chi connectivity index (χ2n) is 0.572. The maximum Gasteiger partial charge on any atom is 0.0693 e. The van der Waals surface area contributed by atoms with E-state index in [2.05, 4.69) is 4.74 Å². The average molecular weight is 79.1 g/mol. The summed E-state index contributed by atoms with van der Waals surface area (Å²) in [6.45, 7) is -0.380. The number of ether oxygens (including phenoxy) is 1. The number of aliphatic hydroxyl groups excluding tert-OH is 1. The molecule has 0 aromatic carbocycles. The zero-order valence-electron chi connectivity index (χ0n) is 5.77. The molecule has 0 unspecified atom stereocenters. The molecule has 0 rings (SSSR count). The lowest BCUT2D eigenvalue weighted by Gasteiger charge is -1.84. The summed E-state index contributed by atoms with van der Waals surface area (Å²) in [6.07, 6.45) is 0. The molecular formula is C3H8O2. The van der Waals surface area contributed by atoms with Gasteiger partial charge in [-0.05, 0) is 0 Å². The molecule has 0 radical (unpaired) electrons. The Kier molecular flexibility index (Phi) is 1.24. The number of rotatable bonds is 2. The van der Waals surface area contributed by atoms with E-state index in [-0.39, 0.29) is 13.2 Å². The third kappa shape index (κ3) is 3.92. The van der Waals surface area contributed by atoms with E-state index in [1.807, 2.05) is 0 Å². The number of hydrogen-bond acceptors (Lipinski definition) is 2. The average Bonchev–Trinajstić information content (AvgIpc) is 1.59. The van der Waals surface area contributed by atoms with E-state index in [1.54, 1.807) is 0 Å². The summed E-state index contributed by atoms with van der Waals surface area (Å²) >= 11 is 0. The Morgan fingerprint density at radius 1 is 2.20 bits per heavy atom. The lowest BCUT2D eigenvalue weighted by Crippen LogP contribution is -1.91. The highest BCUT2D eigenvalue weighted by molar-refractivity contribution is 4.12. The van der Waals surface area contributed by atoms with Crippen molar-refractivity contribution in [1.82, 2.24) is 0 Å². The second kappa shape index (κ2) is 3.92. The van der Waals surface area contributed by atoms with Crippen LogP contribution in [-0.2, 0) is 4.74 Å². The van der Waals surface area contributed by atoms with Crippen molar-refractivity contribution in [1.29, 1.82) is 0 Å². The van der Waals surface area contributed by atoms with Crippen LogP contribution in [0.2, 0.25) is 0 Å². The summed E-state index contributed by atoms with van der Waals surface area (Å²) in [5, 5.41) is 8.05. The first-order valence-electron chi connectivity index (χ1n) is 2.81. The van der Waals surface area contributed by atoms with E-state index in [0.29, 0.717) is 0 Å². The van der Waals surface area contributed by atoms with Gasteiger partial charge >= 0.3 is 0 Å². The molecule has 5 heavy (non-hydrogen) atoms. The van der Waals surface area contributed by atoms with E-state index in [9.17, 15) is 0 Å². The van der Waals surface area contributed by atoms with Crippen LogP contribution < -0.4 is 0 Å². The summed E-state index contributed by atoms with van der Waals surface area (Å²) in [6, 6.07) is 0. The van der Waals surface area contributed by atoms with Gasteiger partial charge in [-0.2, -0.15) is 0 Å². The molecular weight excluding hydrogens is 68.0 g/mol. The van der Waals surface area contributed by atoms with Crippen LogP contribution in [0, 0.1) is 0 Å². The largest absolute Gasteiger partial charge is 0.394 e. The van der Waals surface area contributed by atoms with Crippen molar-refractivity contribution in [2.45, 2.75) is 0 Å². The summed E-state index contributed by atoms with van der Waals surface area (Å²) in [7, 11) is -2.36.